The van der Waals surface area contributed by atoms with Gasteiger partial charge in [-0.25, -0.2) is 9.97 Å². The lowest BCUT2D eigenvalue weighted by Gasteiger charge is -2.09. The summed E-state index contributed by atoms with van der Waals surface area (Å²) in [5.74, 6) is 0.542. The maximum atomic E-state index is 6.34. The summed E-state index contributed by atoms with van der Waals surface area (Å²) in [5, 5.41) is 0.549. The van der Waals surface area contributed by atoms with Crippen molar-refractivity contribution in [2.75, 3.05) is 7.11 Å². The first kappa shape index (κ1) is 13.1. The lowest BCUT2D eigenvalue weighted by atomic mass is 10.1. The fourth-order valence-electron chi connectivity index (χ4n) is 1.57. The Morgan fingerprint density at radius 3 is 2.61 bits per heavy atom. The fourth-order valence-corrected chi connectivity index (χ4v) is 2.00. The van der Waals surface area contributed by atoms with Gasteiger partial charge in [0, 0.05) is 23.2 Å². The predicted molar refractivity (Wildman–Crippen MR) is 72.3 cm³/mol. The highest BCUT2D eigenvalue weighted by Crippen LogP contribution is 2.26. The van der Waals surface area contributed by atoms with Crippen LogP contribution in [0.1, 0.15) is 16.6 Å². The summed E-state index contributed by atoms with van der Waals surface area (Å²) in [7, 11) is 1.57. The van der Waals surface area contributed by atoms with E-state index in [1.807, 2.05) is 24.3 Å². The molecular weight excluding hydrogens is 271 g/mol. The zero-order valence-corrected chi connectivity index (χ0v) is 11.3. The predicted octanol–water partition coefficient (Wildman–Crippen LogP) is 3.66. The van der Waals surface area contributed by atoms with Crippen LogP contribution in [0.5, 0.6) is 5.88 Å². The average Bonchev–Trinajstić information content (AvgIpc) is 2.39. The van der Waals surface area contributed by atoms with Crippen LogP contribution in [0.3, 0.4) is 0 Å². The highest BCUT2D eigenvalue weighted by atomic mass is 35.5. The molecule has 0 radical (unpaired) electrons. The molecule has 3 nitrogen and oxygen atoms in total. The molecule has 94 valence electrons. The maximum Gasteiger partial charge on any atom is 0.216 e. The van der Waals surface area contributed by atoms with Crippen molar-refractivity contribution in [3.05, 3.63) is 52.9 Å². The van der Waals surface area contributed by atoms with E-state index in [9.17, 15) is 0 Å². The quantitative estimate of drug-likeness (QED) is 0.803. The molecule has 1 aromatic heterocycles. The van der Waals surface area contributed by atoms with Gasteiger partial charge in [-0.3, -0.25) is 0 Å². The van der Waals surface area contributed by atoms with E-state index in [1.54, 1.807) is 13.2 Å². The fraction of sp³-hybridized carbons (Fsp3) is 0.231. The zero-order valence-electron chi connectivity index (χ0n) is 9.81. The Labute approximate surface area is 116 Å². The molecular formula is C13H12Cl2N2O. The zero-order chi connectivity index (χ0) is 13.0. The second-order valence-electron chi connectivity index (χ2n) is 3.77. The van der Waals surface area contributed by atoms with E-state index >= 15 is 0 Å². The lowest BCUT2D eigenvalue weighted by Crippen LogP contribution is -2.00. The summed E-state index contributed by atoms with van der Waals surface area (Å²) < 4.78 is 5.05. The van der Waals surface area contributed by atoms with Crippen LogP contribution >= 0.6 is 23.2 Å². The second-order valence-corrected chi connectivity index (χ2v) is 4.74. The smallest absolute Gasteiger partial charge is 0.216 e. The summed E-state index contributed by atoms with van der Waals surface area (Å²) >= 11 is 12.2. The molecule has 0 saturated heterocycles. The van der Waals surface area contributed by atoms with Gasteiger partial charge in [0.15, 0.2) is 0 Å². The highest BCUT2D eigenvalue weighted by Gasteiger charge is 2.10. The van der Waals surface area contributed by atoms with Gasteiger partial charge in [0.25, 0.3) is 0 Å². The van der Waals surface area contributed by atoms with Gasteiger partial charge in [0.05, 0.1) is 12.5 Å². The molecule has 0 amide bonds. The molecule has 0 aliphatic heterocycles. The Morgan fingerprint density at radius 2 is 1.94 bits per heavy atom. The van der Waals surface area contributed by atoms with Crippen LogP contribution in [0.15, 0.2) is 36.7 Å². The number of rotatable bonds is 4. The third-order valence-corrected chi connectivity index (χ3v) is 3.19. The standard InChI is InChI=1S/C13H12Cl2N2O/c1-18-13-7-11(16-8-17-13)6-12(15)9-2-4-10(14)5-3-9/h2-5,7-8,12H,6H2,1H3. The van der Waals surface area contributed by atoms with Crippen LogP contribution in [-0.2, 0) is 6.42 Å². The van der Waals surface area contributed by atoms with E-state index in [-0.39, 0.29) is 5.38 Å². The van der Waals surface area contributed by atoms with Crippen LogP contribution in [0.4, 0.5) is 0 Å². The van der Waals surface area contributed by atoms with Gasteiger partial charge in [0.1, 0.15) is 6.33 Å². The number of methoxy groups -OCH3 is 1. The molecule has 0 N–H and O–H groups in total. The summed E-state index contributed by atoms with van der Waals surface area (Å²) in [5.41, 5.74) is 1.86. The van der Waals surface area contributed by atoms with Crippen molar-refractivity contribution in [1.29, 1.82) is 0 Å². The molecule has 5 heteroatoms. The molecule has 1 atom stereocenters. The van der Waals surface area contributed by atoms with Crippen molar-refractivity contribution in [2.45, 2.75) is 11.8 Å². The number of ether oxygens (including phenoxy) is 1. The molecule has 1 unspecified atom stereocenters. The van der Waals surface area contributed by atoms with E-state index in [0.29, 0.717) is 17.3 Å². The van der Waals surface area contributed by atoms with Gasteiger partial charge in [-0.2, -0.15) is 0 Å². The molecule has 1 aromatic carbocycles. The molecule has 0 fully saturated rings. The Kier molecular flexibility index (Phi) is 4.39. The Hall–Kier alpha value is -1.32. The Morgan fingerprint density at radius 1 is 1.22 bits per heavy atom. The molecule has 1 heterocycles. The molecule has 2 aromatic rings. The summed E-state index contributed by atoms with van der Waals surface area (Å²) in [6.45, 7) is 0. The minimum atomic E-state index is -0.151. The summed E-state index contributed by atoms with van der Waals surface area (Å²) in [6.07, 6.45) is 2.09. The molecule has 18 heavy (non-hydrogen) atoms. The molecule has 0 bridgehead atoms. The number of hydrogen-bond acceptors (Lipinski definition) is 3. The van der Waals surface area contributed by atoms with Crippen LogP contribution in [0, 0.1) is 0 Å². The van der Waals surface area contributed by atoms with Crippen LogP contribution < -0.4 is 4.74 Å². The van der Waals surface area contributed by atoms with E-state index in [2.05, 4.69) is 9.97 Å². The van der Waals surface area contributed by atoms with E-state index in [0.717, 1.165) is 11.3 Å². The van der Waals surface area contributed by atoms with Crippen LogP contribution in [0.25, 0.3) is 0 Å². The van der Waals surface area contributed by atoms with Crippen molar-refractivity contribution in [3.8, 4) is 5.88 Å². The maximum absolute atomic E-state index is 6.34. The summed E-state index contributed by atoms with van der Waals surface area (Å²) in [6, 6.07) is 9.27. The first-order valence-electron chi connectivity index (χ1n) is 5.43. The first-order valence-corrected chi connectivity index (χ1v) is 6.25. The van der Waals surface area contributed by atoms with Gasteiger partial charge in [-0.15, -0.1) is 11.6 Å². The van der Waals surface area contributed by atoms with E-state index in [1.165, 1.54) is 6.33 Å². The van der Waals surface area contributed by atoms with Crippen LogP contribution in [-0.4, -0.2) is 17.1 Å². The van der Waals surface area contributed by atoms with Crippen LogP contribution in [0.2, 0.25) is 5.02 Å². The van der Waals surface area contributed by atoms with E-state index < -0.39 is 0 Å². The van der Waals surface area contributed by atoms with Crippen molar-refractivity contribution < 1.29 is 4.74 Å². The highest BCUT2D eigenvalue weighted by molar-refractivity contribution is 6.30. The van der Waals surface area contributed by atoms with Crippen molar-refractivity contribution in [2.24, 2.45) is 0 Å². The number of benzene rings is 1. The Balaban J connectivity index is 2.10. The molecule has 0 saturated carbocycles. The topological polar surface area (TPSA) is 35.0 Å². The normalized spacial score (nSPS) is 12.2. The number of alkyl halides is 1. The SMILES string of the molecule is COc1cc(CC(Cl)c2ccc(Cl)cc2)ncn1. The van der Waals surface area contributed by atoms with Gasteiger partial charge in [-0.05, 0) is 17.7 Å². The number of hydrogen-bond donors (Lipinski definition) is 0. The molecule has 0 aliphatic rings. The average molecular weight is 283 g/mol. The lowest BCUT2D eigenvalue weighted by molar-refractivity contribution is 0.396. The molecule has 2 rings (SSSR count). The monoisotopic (exact) mass is 282 g/mol. The summed E-state index contributed by atoms with van der Waals surface area (Å²) in [4.78, 5) is 8.12. The largest absolute Gasteiger partial charge is 0.481 e. The molecule has 0 aliphatic carbocycles. The van der Waals surface area contributed by atoms with Gasteiger partial charge in [0.2, 0.25) is 5.88 Å². The second kappa shape index (κ2) is 6.03. The number of nitrogens with zero attached hydrogens (tertiary/aromatic N) is 2. The Bertz CT molecular complexity index is 517. The minimum absolute atomic E-state index is 0.151. The van der Waals surface area contributed by atoms with Crippen molar-refractivity contribution in [1.82, 2.24) is 9.97 Å². The minimum Gasteiger partial charge on any atom is -0.481 e. The number of halogens is 2. The van der Waals surface area contributed by atoms with Crippen molar-refractivity contribution >= 4 is 23.2 Å². The van der Waals surface area contributed by atoms with Gasteiger partial charge in [-0.1, -0.05) is 23.7 Å². The van der Waals surface area contributed by atoms with E-state index in [4.69, 9.17) is 27.9 Å². The third kappa shape index (κ3) is 3.34. The van der Waals surface area contributed by atoms with Crippen molar-refractivity contribution in [3.63, 3.8) is 0 Å². The van der Waals surface area contributed by atoms with Gasteiger partial charge < -0.3 is 4.74 Å². The van der Waals surface area contributed by atoms with Gasteiger partial charge >= 0.3 is 0 Å². The number of aromatic nitrogens is 2. The first-order chi connectivity index (χ1) is 8.69. The third-order valence-electron chi connectivity index (χ3n) is 2.53. The molecule has 0 spiro atoms.